The second-order valence-electron chi connectivity index (χ2n) is 21.7. The normalized spacial score (nSPS) is 12.4. The minimum absolute atomic E-state index is 0.0686. The van der Waals surface area contributed by atoms with E-state index in [4.69, 9.17) is 14.2 Å². The summed E-state index contributed by atoms with van der Waals surface area (Å²) >= 11 is 0. The molecule has 0 aromatic heterocycles. The Bertz CT molecular complexity index is 1330. The predicted octanol–water partition coefficient (Wildman–Crippen LogP) is 21.9. The number of carbonyl (C=O) groups excluding carboxylic acids is 3. The first-order valence-corrected chi connectivity index (χ1v) is 32.3. The third-order valence-corrected chi connectivity index (χ3v) is 14.3. The minimum Gasteiger partial charge on any atom is -0.462 e. The van der Waals surface area contributed by atoms with Gasteiger partial charge in [-0.3, -0.25) is 14.4 Å². The summed E-state index contributed by atoms with van der Waals surface area (Å²) in [5.41, 5.74) is 0. The van der Waals surface area contributed by atoms with Gasteiger partial charge in [0.15, 0.2) is 6.10 Å². The van der Waals surface area contributed by atoms with E-state index in [2.05, 4.69) is 81.5 Å². The van der Waals surface area contributed by atoms with Gasteiger partial charge in [0.25, 0.3) is 0 Å². The highest BCUT2D eigenvalue weighted by Gasteiger charge is 2.19. The lowest BCUT2D eigenvalue weighted by atomic mass is 10.0. The van der Waals surface area contributed by atoms with Gasteiger partial charge in [0.05, 0.1) is 0 Å². The van der Waals surface area contributed by atoms with Crippen molar-refractivity contribution in [1.82, 2.24) is 0 Å². The van der Waals surface area contributed by atoms with Crippen molar-refractivity contribution in [3.8, 4) is 0 Å². The first-order valence-electron chi connectivity index (χ1n) is 32.3. The number of unbranched alkanes of at least 4 members (excludes halogenated alkanes) is 38. The van der Waals surface area contributed by atoms with Gasteiger partial charge in [-0.1, -0.05) is 313 Å². The van der Waals surface area contributed by atoms with Crippen LogP contribution >= 0.6 is 0 Å². The molecule has 0 amide bonds. The van der Waals surface area contributed by atoms with Crippen LogP contribution in [0, 0.1) is 0 Å². The van der Waals surface area contributed by atoms with E-state index < -0.39 is 6.10 Å². The molecular formula is C68H122O6. The lowest BCUT2D eigenvalue weighted by Crippen LogP contribution is -2.30. The second-order valence-corrected chi connectivity index (χ2v) is 21.7. The molecule has 0 aromatic carbocycles. The average Bonchev–Trinajstić information content (AvgIpc) is 3.40. The Balaban J connectivity index is 4.14. The number of hydrogen-bond acceptors (Lipinski definition) is 6. The molecule has 0 fully saturated rings. The Morgan fingerprint density at radius 1 is 0.284 bits per heavy atom. The zero-order valence-electron chi connectivity index (χ0n) is 49.4. The van der Waals surface area contributed by atoms with E-state index in [-0.39, 0.29) is 31.1 Å². The fourth-order valence-corrected chi connectivity index (χ4v) is 9.47. The van der Waals surface area contributed by atoms with E-state index >= 15 is 0 Å². The monoisotopic (exact) mass is 1030 g/mol. The maximum Gasteiger partial charge on any atom is 0.306 e. The predicted molar refractivity (Wildman–Crippen MR) is 321 cm³/mol. The van der Waals surface area contributed by atoms with Gasteiger partial charge in [-0.05, 0) is 64.2 Å². The average molecular weight is 1040 g/mol. The summed E-state index contributed by atoms with van der Waals surface area (Å²) in [5.74, 6) is -0.853. The largest absolute Gasteiger partial charge is 0.462 e. The molecular weight excluding hydrogens is 913 g/mol. The molecule has 0 heterocycles. The van der Waals surface area contributed by atoms with Crippen molar-refractivity contribution in [3.05, 3.63) is 60.8 Å². The van der Waals surface area contributed by atoms with Crippen LogP contribution in [0.15, 0.2) is 60.8 Å². The summed E-state index contributed by atoms with van der Waals surface area (Å²) in [6.45, 7) is 6.55. The van der Waals surface area contributed by atoms with Gasteiger partial charge in [0, 0.05) is 19.3 Å². The van der Waals surface area contributed by atoms with Gasteiger partial charge in [-0.15, -0.1) is 0 Å². The lowest BCUT2D eigenvalue weighted by molar-refractivity contribution is -0.167. The van der Waals surface area contributed by atoms with Gasteiger partial charge in [0.2, 0.25) is 0 Å². The fourth-order valence-electron chi connectivity index (χ4n) is 9.47. The molecule has 0 aromatic rings. The van der Waals surface area contributed by atoms with E-state index in [1.807, 2.05) is 0 Å². The van der Waals surface area contributed by atoms with Crippen molar-refractivity contribution >= 4 is 17.9 Å². The zero-order valence-corrected chi connectivity index (χ0v) is 49.4. The Labute approximate surface area is 460 Å². The first-order chi connectivity index (χ1) is 36.5. The molecule has 0 N–H and O–H groups in total. The third-order valence-electron chi connectivity index (χ3n) is 14.3. The zero-order chi connectivity index (χ0) is 53.6. The number of hydrogen-bond donors (Lipinski definition) is 0. The molecule has 1 atom stereocenters. The number of ether oxygens (including phenoxy) is 3. The van der Waals surface area contributed by atoms with Crippen LogP contribution < -0.4 is 0 Å². The lowest BCUT2D eigenvalue weighted by Gasteiger charge is -2.18. The molecule has 6 heteroatoms. The van der Waals surface area contributed by atoms with Crippen molar-refractivity contribution in [2.45, 2.75) is 341 Å². The maximum atomic E-state index is 12.9. The molecule has 6 nitrogen and oxygen atoms in total. The van der Waals surface area contributed by atoms with Crippen LogP contribution in [0.4, 0.5) is 0 Å². The quantitative estimate of drug-likeness (QED) is 0.0261. The van der Waals surface area contributed by atoms with E-state index in [0.29, 0.717) is 19.3 Å². The van der Waals surface area contributed by atoms with Crippen LogP contribution in [0.1, 0.15) is 335 Å². The van der Waals surface area contributed by atoms with Crippen LogP contribution in [0.5, 0.6) is 0 Å². The Morgan fingerprint density at radius 3 is 0.824 bits per heavy atom. The molecule has 0 aliphatic rings. The molecule has 0 saturated carbocycles. The topological polar surface area (TPSA) is 78.9 Å². The summed E-state index contributed by atoms with van der Waals surface area (Å²) in [5, 5.41) is 0. The van der Waals surface area contributed by atoms with Gasteiger partial charge >= 0.3 is 17.9 Å². The standard InChI is InChI=1S/C68H122O6/c1-4-7-10-13-16-19-21-23-25-27-29-30-31-32-33-34-35-36-37-38-39-41-42-44-46-49-52-55-58-61-67(70)73-64-65(63-72-66(69)60-57-54-51-48-18-15-12-9-6-3)74-68(71)62-59-56-53-50-47-45-43-40-28-26-24-22-20-17-14-11-8-5-2/h7,10,16,19,23,25,29-30,32-33,65H,4-6,8-9,11-15,17-18,20-22,24,26-28,31,34-64H2,1-3H3/b10-7-,19-16-,25-23-,30-29-,33-32-. The van der Waals surface area contributed by atoms with Crippen LogP contribution in [-0.2, 0) is 28.6 Å². The Hall–Kier alpha value is -2.89. The first kappa shape index (κ1) is 71.1. The minimum atomic E-state index is -0.769. The number of allylic oxidation sites excluding steroid dienone is 10. The van der Waals surface area contributed by atoms with Gasteiger partial charge in [-0.25, -0.2) is 0 Å². The van der Waals surface area contributed by atoms with E-state index in [1.54, 1.807) is 0 Å². The van der Waals surface area contributed by atoms with Crippen molar-refractivity contribution < 1.29 is 28.6 Å². The fraction of sp³-hybridized carbons (Fsp3) is 0.809. The summed E-state index contributed by atoms with van der Waals surface area (Å²) in [6.07, 6.45) is 79.6. The third kappa shape index (κ3) is 60.0. The van der Waals surface area contributed by atoms with Crippen molar-refractivity contribution in [2.75, 3.05) is 13.2 Å². The molecule has 0 saturated heterocycles. The molecule has 0 spiro atoms. The summed E-state index contributed by atoms with van der Waals surface area (Å²) in [6, 6.07) is 0. The second kappa shape index (κ2) is 62.6. The highest BCUT2D eigenvalue weighted by atomic mass is 16.6. The van der Waals surface area contributed by atoms with Crippen LogP contribution in [-0.4, -0.2) is 37.2 Å². The molecule has 0 aliphatic heterocycles. The van der Waals surface area contributed by atoms with Crippen molar-refractivity contribution in [3.63, 3.8) is 0 Å². The molecule has 1 unspecified atom stereocenters. The van der Waals surface area contributed by atoms with Crippen molar-refractivity contribution in [2.24, 2.45) is 0 Å². The highest BCUT2D eigenvalue weighted by Crippen LogP contribution is 2.17. The van der Waals surface area contributed by atoms with Crippen LogP contribution in [0.2, 0.25) is 0 Å². The molecule has 0 radical (unpaired) electrons. The van der Waals surface area contributed by atoms with Gasteiger partial charge in [-0.2, -0.15) is 0 Å². The molecule has 0 rings (SSSR count). The van der Waals surface area contributed by atoms with Crippen LogP contribution in [0.25, 0.3) is 0 Å². The van der Waals surface area contributed by atoms with Crippen molar-refractivity contribution in [1.29, 1.82) is 0 Å². The Kier molecular flexibility index (Phi) is 60.2. The van der Waals surface area contributed by atoms with E-state index in [1.165, 1.54) is 205 Å². The van der Waals surface area contributed by atoms with E-state index in [9.17, 15) is 14.4 Å². The molecule has 74 heavy (non-hydrogen) atoms. The summed E-state index contributed by atoms with van der Waals surface area (Å²) in [4.78, 5) is 38.2. The Morgan fingerprint density at radius 2 is 0.527 bits per heavy atom. The summed E-state index contributed by atoms with van der Waals surface area (Å²) in [7, 11) is 0. The number of carbonyl (C=O) groups is 3. The molecule has 0 aliphatic carbocycles. The van der Waals surface area contributed by atoms with Crippen LogP contribution in [0.3, 0.4) is 0 Å². The molecule has 0 bridgehead atoms. The number of esters is 3. The SMILES string of the molecule is CC/C=C\C/C=C\C/C=C\C/C=C\C/C=C\CCCCCCCCCCCCCCCC(=O)OCC(COC(=O)CCCCCCCCCCC)OC(=O)CCCCCCCCCCCCCCCCCCCC. The van der Waals surface area contributed by atoms with E-state index in [0.717, 1.165) is 89.9 Å². The summed E-state index contributed by atoms with van der Waals surface area (Å²) < 4.78 is 16.9. The molecule has 430 valence electrons. The number of rotatable bonds is 59. The van der Waals surface area contributed by atoms with Gasteiger partial charge in [0.1, 0.15) is 13.2 Å². The smallest absolute Gasteiger partial charge is 0.306 e. The van der Waals surface area contributed by atoms with Gasteiger partial charge < -0.3 is 14.2 Å². The maximum absolute atomic E-state index is 12.9. The highest BCUT2D eigenvalue weighted by molar-refractivity contribution is 5.71.